The topological polar surface area (TPSA) is 69.6 Å². The summed E-state index contributed by atoms with van der Waals surface area (Å²) in [6.07, 6.45) is 2.00. The Morgan fingerprint density at radius 3 is 2.67 bits per heavy atom. The Labute approximate surface area is 70.9 Å². The molecule has 0 unspecified atom stereocenters. The lowest BCUT2D eigenvalue weighted by atomic mass is 10.2. The number of nitrogens with two attached hydrogens (primary N) is 1. The maximum atomic E-state index is 5.99. The van der Waals surface area contributed by atoms with Gasteiger partial charge in [0.25, 0.3) is 0 Å². The van der Waals surface area contributed by atoms with Gasteiger partial charge < -0.3 is 5.73 Å². The van der Waals surface area contributed by atoms with Gasteiger partial charge in [-0.2, -0.15) is 0 Å². The molecular formula is C7H13N5. The van der Waals surface area contributed by atoms with Crippen molar-refractivity contribution in [2.45, 2.75) is 38.3 Å². The van der Waals surface area contributed by atoms with Crippen LogP contribution in [-0.2, 0) is 5.54 Å². The monoisotopic (exact) mass is 167 g/mol. The molecule has 1 aromatic heterocycles. The second-order valence-electron chi connectivity index (χ2n) is 3.70. The molecule has 2 N–H and O–H groups in total. The molecule has 12 heavy (non-hydrogen) atoms. The number of nitrogens with zero attached hydrogens (tertiary/aromatic N) is 4. The number of rotatable bonds is 2. The highest BCUT2D eigenvalue weighted by molar-refractivity contribution is 5.13. The minimum Gasteiger partial charge on any atom is -0.319 e. The molecule has 0 aliphatic heterocycles. The second kappa shape index (κ2) is 2.26. The van der Waals surface area contributed by atoms with E-state index in [1.807, 2.05) is 13.8 Å². The highest BCUT2D eigenvalue weighted by atomic mass is 15.6. The van der Waals surface area contributed by atoms with Gasteiger partial charge in [-0.05, 0) is 37.1 Å². The van der Waals surface area contributed by atoms with Crippen molar-refractivity contribution in [1.82, 2.24) is 20.2 Å². The van der Waals surface area contributed by atoms with E-state index >= 15 is 0 Å². The summed E-state index contributed by atoms with van der Waals surface area (Å²) in [5.74, 6) is 0.831. The van der Waals surface area contributed by atoms with E-state index in [1.165, 1.54) is 0 Å². The van der Waals surface area contributed by atoms with E-state index in [1.54, 1.807) is 4.68 Å². The fraction of sp³-hybridized carbons (Fsp3) is 0.857. The highest BCUT2D eigenvalue weighted by Crippen LogP contribution is 2.41. The van der Waals surface area contributed by atoms with Gasteiger partial charge in [0.15, 0.2) is 5.82 Å². The fourth-order valence-corrected chi connectivity index (χ4v) is 1.23. The molecular weight excluding hydrogens is 154 g/mol. The number of tetrazole rings is 1. The lowest BCUT2D eigenvalue weighted by Crippen LogP contribution is -2.25. The SMILES string of the molecule is CC(C)n1nnnc1C1(N)CC1. The van der Waals surface area contributed by atoms with Crippen molar-refractivity contribution in [3.8, 4) is 0 Å². The molecule has 0 radical (unpaired) electrons. The Hall–Kier alpha value is -0.970. The Morgan fingerprint density at radius 2 is 2.17 bits per heavy atom. The number of hydrogen-bond acceptors (Lipinski definition) is 4. The van der Waals surface area contributed by atoms with E-state index < -0.39 is 0 Å². The largest absolute Gasteiger partial charge is 0.319 e. The van der Waals surface area contributed by atoms with Crippen molar-refractivity contribution in [3.05, 3.63) is 5.82 Å². The van der Waals surface area contributed by atoms with E-state index in [0.29, 0.717) is 0 Å². The van der Waals surface area contributed by atoms with Crippen LogP contribution in [0.4, 0.5) is 0 Å². The van der Waals surface area contributed by atoms with Crippen LogP contribution in [0.2, 0.25) is 0 Å². The maximum absolute atomic E-state index is 5.99. The Balaban J connectivity index is 2.37. The Kier molecular flexibility index (Phi) is 1.44. The molecule has 0 aromatic carbocycles. The predicted octanol–water partition coefficient (Wildman–Crippen LogP) is 0.202. The summed E-state index contributed by atoms with van der Waals surface area (Å²) in [4.78, 5) is 0. The van der Waals surface area contributed by atoms with Gasteiger partial charge in [0.2, 0.25) is 0 Å². The van der Waals surface area contributed by atoms with E-state index in [-0.39, 0.29) is 11.6 Å². The van der Waals surface area contributed by atoms with Crippen LogP contribution in [0.25, 0.3) is 0 Å². The van der Waals surface area contributed by atoms with Crippen LogP contribution in [0.5, 0.6) is 0 Å². The van der Waals surface area contributed by atoms with Gasteiger partial charge in [0.05, 0.1) is 11.6 Å². The van der Waals surface area contributed by atoms with Gasteiger partial charge in [-0.15, -0.1) is 5.10 Å². The molecule has 66 valence electrons. The van der Waals surface area contributed by atoms with Gasteiger partial charge in [-0.1, -0.05) is 0 Å². The van der Waals surface area contributed by atoms with Crippen LogP contribution >= 0.6 is 0 Å². The summed E-state index contributed by atoms with van der Waals surface area (Å²) in [7, 11) is 0. The zero-order chi connectivity index (χ0) is 8.77. The number of hydrogen-bond donors (Lipinski definition) is 1. The Bertz CT molecular complexity index is 286. The minimum atomic E-state index is -0.228. The van der Waals surface area contributed by atoms with Crippen LogP contribution in [0.3, 0.4) is 0 Å². The van der Waals surface area contributed by atoms with E-state index in [0.717, 1.165) is 18.7 Å². The van der Waals surface area contributed by atoms with Crippen molar-refractivity contribution in [2.24, 2.45) is 5.73 Å². The first kappa shape index (κ1) is 7.67. The van der Waals surface area contributed by atoms with Crippen molar-refractivity contribution in [1.29, 1.82) is 0 Å². The molecule has 0 bridgehead atoms. The molecule has 0 amide bonds. The zero-order valence-electron chi connectivity index (χ0n) is 7.36. The van der Waals surface area contributed by atoms with Gasteiger partial charge in [-0.25, -0.2) is 4.68 Å². The van der Waals surface area contributed by atoms with Crippen molar-refractivity contribution >= 4 is 0 Å². The van der Waals surface area contributed by atoms with Gasteiger partial charge in [0.1, 0.15) is 0 Å². The molecule has 0 saturated heterocycles. The molecule has 1 saturated carbocycles. The van der Waals surface area contributed by atoms with Gasteiger partial charge in [-0.3, -0.25) is 0 Å². The summed E-state index contributed by atoms with van der Waals surface area (Å²) in [5, 5.41) is 11.5. The van der Waals surface area contributed by atoms with Crippen molar-refractivity contribution in [2.75, 3.05) is 0 Å². The summed E-state index contributed by atoms with van der Waals surface area (Å²) in [6.45, 7) is 4.09. The number of aromatic nitrogens is 4. The lowest BCUT2D eigenvalue weighted by molar-refractivity contribution is 0.467. The first-order valence-corrected chi connectivity index (χ1v) is 4.21. The van der Waals surface area contributed by atoms with Crippen molar-refractivity contribution < 1.29 is 0 Å². The molecule has 1 aliphatic rings. The lowest BCUT2D eigenvalue weighted by Gasteiger charge is -2.11. The quantitative estimate of drug-likeness (QED) is 0.683. The van der Waals surface area contributed by atoms with Crippen LogP contribution in [0.1, 0.15) is 38.6 Å². The van der Waals surface area contributed by atoms with E-state index in [2.05, 4.69) is 15.5 Å². The molecule has 5 nitrogen and oxygen atoms in total. The standard InChI is InChI=1S/C7H13N5/c1-5(2)12-6(9-10-11-12)7(8)3-4-7/h5H,3-4,8H2,1-2H3. The molecule has 2 rings (SSSR count). The Morgan fingerprint density at radius 1 is 1.50 bits per heavy atom. The van der Waals surface area contributed by atoms with E-state index in [9.17, 15) is 0 Å². The van der Waals surface area contributed by atoms with E-state index in [4.69, 9.17) is 5.73 Å². The molecule has 1 aliphatic carbocycles. The summed E-state index contributed by atoms with van der Waals surface area (Å²) in [6, 6.07) is 0.288. The molecule has 1 heterocycles. The maximum Gasteiger partial charge on any atom is 0.171 e. The zero-order valence-corrected chi connectivity index (χ0v) is 7.36. The first-order valence-electron chi connectivity index (χ1n) is 4.21. The molecule has 5 heteroatoms. The van der Waals surface area contributed by atoms with Crippen LogP contribution in [-0.4, -0.2) is 20.2 Å². The molecule has 1 fully saturated rings. The highest BCUT2D eigenvalue weighted by Gasteiger charge is 2.45. The summed E-state index contributed by atoms with van der Waals surface area (Å²) in [5.41, 5.74) is 5.76. The second-order valence-corrected chi connectivity index (χ2v) is 3.70. The third kappa shape index (κ3) is 1.01. The molecule has 0 atom stereocenters. The average molecular weight is 167 g/mol. The van der Waals surface area contributed by atoms with Gasteiger partial charge >= 0.3 is 0 Å². The summed E-state index contributed by atoms with van der Waals surface area (Å²) >= 11 is 0. The predicted molar refractivity (Wildman–Crippen MR) is 43.3 cm³/mol. The van der Waals surface area contributed by atoms with Gasteiger partial charge in [0, 0.05) is 0 Å². The minimum absolute atomic E-state index is 0.228. The average Bonchev–Trinajstić information content (AvgIpc) is 2.61. The summed E-state index contributed by atoms with van der Waals surface area (Å²) < 4.78 is 1.80. The van der Waals surface area contributed by atoms with Crippen LogP contribution in [0, 0.1) is 0 Å². The third-order valence-corrected chi connectivity index (χ3v) is 2.22. The smallest absolute Gasteiger partial charge is 0.171 e. The first-order chi connectivity index (χ1) is 5.63. The molecule has 1 aromatic rings. The third-order valence-electron chi connectivity index (χ3n) is 2.22. The fourth-order valence-electron chi connectivity index (χ4n) is 1.23. The van der Waals surface area contributed by atoms with Crippen LogP contribution in [0.15, 0.2) is 0 Å². The normalized spacial score (nSPS) is 20.0. The van der Waals surface area contributed by atoms with Crippen LogP contribution < -0.4 is 5.73 Å². The van der Waals surface area contributed by atoms with Crippen molar-refractivity contribution in [3.63, 3.8) is 0 Å². The molecule has 0 spiro atoms.